The molecule has 0 aromatic carbocycles. The Morgan fingerprint density at radius 1 is 1.50 bits per heavy atom. The molecular weight excluding hydrogens is 262 g/mol. The van der Waals surface area contributed by atoms with Gasteiger partial charge in [0.25, 0.3) is 5.91 Å². The van der Waals surface area contributed by atoms with Gasteiger partial charge < -0.3 is 20.9 Å². The van der Waals surface area contributed by atoms with Gasteiger partial charge in [-0.25, -0.2) is 9.78 Å². The van der Waals surface area contributed by atoms with E-state index in [0.717, 1.165) is 0 Å². The van der Waals surface area contributed by atoms with Gasteiger partial charge in [0.15, 0.2) is 0 Å². The number of aryl methyl sites for hydroxylation is 2. The van der Waals surface area contributed by atoms with Crippen molar-refractivity contribution < 1.29 is 19.4 Å². The van der Waals surface area contributed by atoms with Crippen molar-refractivity contribution in [1.29, 1.82) is 0 Å². The Morgan fingerprint density at radius 2 is 2.15 bits per heavy atom. The molecule has 1 heterocycles. The molecule has 0 aliphatic heterocycles. The van der Waals surface area contributed by atoms with E-state index in [1.165, 1.54) is 7.11 Å². The third-order valence-corrected chi connectivity index (χ3v) is 2.81. The minimum absolute atomic E-state index is 0.193. The molecule has 0 spiro atoms. The molecule has 0 aliphatic carbocycles. The van der Waals surface area contributed by atoms with Crippen molar-refractivity contribution in [2.45, 2.75) is 26.3 Å². The molecule has 0 saturated heterocycles. The van der Waals surface area contributed by atoms with E-state index in [1.54, 1.807) is 19.9 Å². The van der Waals surface area contributed by atoms with Gasteiger partial charge in [0.1, 0.15) is 11.9 Å². The fourth-order valence-electron chi connectivity index (χ4n) is 1.91. The van der Waals surface area contributed by atoms with E-state index in [2.05, 4.69) is 10.3 Å². The molecule has 0 bridgehead atoms. The number of hydrogen-bond donors (Lipinski definition) is 3. The van der Waals surface area contributed by atoms with Crippen LogP contribution in [0.25, 0.3) is 0 Å². The van der Waals surface area contributed by atoms with Crippen molar-refractivity contribution in [3.8, 4) is 0 Å². The van der Waals surface area contributed by atoms with Crippen molar-refractivity contribution in [3.63, 3.8) is 0 Å². The van der Waals surface area contributed by atoms with Gasteiger partial charge in [-0.15, -0.1) is 0 Å². The van der Waals surface area contributed by atoms with E-state index in [1.807, 2.05) is 0 Å². The molecule has 1 rings (SSSR count). The number of amides is 1. The Balaban J connectivity index is 3.11. The highest BCUT2D eigenvalue weighted by atomic mass is 16.5. The SMILES string of the molecule is COCCC(Nc1nc(C)cc(C)c1C(N)=O)C(=O)O. The third kappa shape index (κ3) is 3.92. The number of primary amides is 1. The van der Waals surface area contributed by atoms with Crippen molar-refractivity contribution in [2.24, 2.45) is 5.73 Å². The summed E-state index contributed by atoms with van der Waals surface area (Å²) < 4.78 is 4.87. The second-order valence-electron chi connectivity index (χ2n) is 4.49. The number of carbonyl (C=O) groups excluding carboxylic acids is 1. The van der Waals surface area contributed by atoms with Crippen molar-refractivity contribution in [3.05, 3.63) is 22.9 Å². The molecule has 0 radical (unpaired) electrons. The second kappa shape index (κ2) is 6.85. The van der Waals surface area contributed by atoms with E-state index in [-0.39, 0.29) is 24.4 Å². The zero-order valence-electron chi connectivity index (χ0n) is 11.8. The molecule has 7 nitrogen and oxygen atoms in total. The summed E-state index contributed by atoms with van der Waals surface area (Å²) in [5, 5.41) is 11.9. The minimum Gasteiger partial charge on any atom is -0.480 e. The minimum atomic E-state index is -1.04. The first-order valence-corrected chi connectivity index (χ1v) is 6.13. The summed E-state index contributed by atoms with van der Waals surface area (Å²) >= 11 is 0. The number of carboxylic acids is 1. The molecule has 1 aromatic heterocycles. The number of nitrogens with one attached hydrogen (secondary N) is 1. The summed E-state index contributed by atoms with van der Waals surface area (Å²) in [5.41, 5.74) is 6.86. The number of ether oxygens (including phenoxy) is 1. The first kappa shape index (κ1) is 15.9. The maximum absolute atomic E-state index is 11.5. The molecule has 110 valence electrons. The maximum Gasteiger partial charge on any atom is 0.326 e. The van der Waals surface area contributed by atoms with E-state index in [0.29, 0.717) is 11.3 Å². The highest BCUT2D eigenvalue weighted by Gasteiger charge is 2.21. The van der Waals surface area contributed by atoms with Gasteiger partial charge in [0.2, 0.25) is 0 Å². The van der Waals surface area contributed by atoms with Crippen LogP contribution in [0, 0.1) is 13.8 Å². The van der Waals surface area contributed by atoms with Gasteiger partial charge >= 0.3 is 5.97 Å². The molecule has 0 saturated carbocycles. The van der Waals surface area contributed by atoms with Crippen molar-refractivity contribution in [2.75, 3.05) is 19.0 Å². The molecule has 1 aromatic rings. The van der Waals surface area contributed by atoms with Gasteiger partial charge in [-0.1, -0.05) is 0 Å². The van der Waals surface area contributed by atoms with E-state index < -0.39 is 17.9 Å². The van der Waals surface area contributed by atoms with Crippen LogP contribution in [0.4, 0.5) is 5.82 Å². The van der Waals surface area contributed by atoms with Gasteiger partial charge in [0.05, 0.1) is 5.56 Å². The summed E-state index contributed by atoms with van der Waals surface area (Å²) in [6.07, 6.45) is 0.249. The normalized spacial score (nSPS) is 11.9. The molecule has 0 fully saturated rings. The number of aromatic nitrogens is 1. The zero-order chi connectivity index (χ0) is 15.3. The number of anilines is 1. The highest BCUT2D eigenvalue weighted by Crippen LogP contribution is 2.19. The molecule has 1 amide bonds. The van der Waals surface area contributed by atoms with Gasteiger partial charge in [-0.3, -0.25) is 4.79 Å². The Bertz CT molecular complexity index is 517. The lowest BCUT2D eigenvalue weighted by Gasteiger charge is -2.18. The molecule has 1 atom stereocenters. The van der Waals surface area contributed by atoms with Crippen molar-refractivity contribution in [1.82, 2.24) is 4.98 Å². The van der Waals surface area contributed by atoms with Crippen LogP contribution < -0.4 is 11.1 Å². The average molecular weight is 281 g/mol. The standard InChI is InChI=1S/C13H19N3O4/c1-7-6-8(2)15-12(10(7)11(14)17)16-9(13(18)19)4-5-20-3/h6,9H,4-5H2,1-3H3,(H2,14,17)(H,15,16)(H,18,19). The number of rotatable bonds is 7. The number of nitrogens with two attached hydrogens (primary N) is 1. The third-order valence-electron chi connectivity index (χ3n) is 2.81. The summed E-state index contributed by atoms with van der Waals surface area (Å²) in [6, 6.07) is 0.817. The molecule has 4 N–H and O–H groups in total. The van der Waals surface area contributed by atoms with Crippen LogP contribution in [0.2, 0.25) is 0 Å². The van der Waals surface area contributed by atoms with E-state index >= 15 is 0 Å². The fourth-order valence-corrected chi connectivity index (χ4v) is 1.91. The number of carbonyl (C=O) groups is 2. The van der Waals surface area contributed by atoms with Crippen molar-refractivity contribution >= 4 is 17.7 Å². The lowest BCUT2D eigenvalue weighted by molar-refractivity contribution is -0.138. The molecule has 7 heteroatoms. The Morgan fingerprint density at radius 3 is 2.65 bits per heavy atom. The Labute approximate surface area is 117 Å². The number of methoxy groups -OCH3 is 1. The van der Waals surface area contributed by atoms with Gasteiger partial charge in [0, 0.05) is 25.8 Å². The largest absolute Gasteiger partial charge is 0.480 e. The summed E-state index contributed by atoms with van der Waals surface area (Å²) in [7, 11) is 1.49. The maximum atomic E-state index is 11.5. The average Bonchev–Trinajstić information content (AvgIpc) is 2.32. The monoisotopic (exact) mass is 281 g/mol. The van der Waals surface area contributed by atoms with Crippen LogP contribution in [0.1, 0.15) is 28.0 Å². The van der Waals surface area contributed by atoms with E-state index in [4.69, 9.17) is 15.6 Å². The number of aliphatic carboxylic acids is 1. The topological polar surface area (TPSA) is 115 Å². The molecule has 0 aliphatic rings. The Kier molecular flexibility index (Phi) is 5.45. The van der Waals surface area contributed by atoms with Crippen LogP contribution in [0.5, 0.6) is 0 Å². The number of pyridine rings is 1. The van der Waals surface area contributed by atoms with Gasteiger partial charge in [-0.2, -0.15) is 0 Å². The van der Waals surface area contributed by atoms with Crippen LogP contribution in [0.15, 0.2) is 6.07 Å². The zero-order valence-corrected chi connectivity index (χ0v) is 11.8. The summed E-state index contributed by atoms with van der Waals surface area (Å²) in [5.74, 6) is -1.50. The van der Waals surface area contributed by atoms with Crippen LogP contribution in [-0.4, -0.2) is 41.7 Å². The fraction of sp³-hybridized carbons (Fsp3) is 0.462. The number of carboxylic acid groups (broad SMARTS) is 1. The first-order chi connectivity index (χ1) is 9.36. The quantitative estimate of drug-likeness (QED) is 0.677. The Hall–Kier alpha value is -2.15. The molecule has 1 unspecified atom stereocenters. The van der Waals surface area contributed by atoms with E-state index in [9.17, 15) is 9.59 Å². The smallest absolute Gasteiger partial charge is 0.326 e. The highest BCUT2D eigenvalue weighted by molar-refractivity contribution is 5.99. The molecule has 20 heavy (non-hydrogen) atoms. The summed E-state index contributed by atoms with van der Waals surface area (Å²) in [6.45, 7) is 3.76. The lowest BCUT2D eigenvalue weighted by atomic mass is 10.1. The number of hydrogen-bond acceptors (Lipinski definition) is 5. The molecular formula is C13H19N3O4. The lowest BCUT2D eigenvalue weighted by Crippen LogP contribution is -2.32. The predicted octanol–water partition coefficient (Wildman–Crippen LogP) is 0.699. The predicted molar refractivity (Wildman–Crippen MR) is 73.8 cm³/mol. The van der Waals surface area contributed by atoms with Crippen LogP contribution >= 0.6 is 0 Å². The van der Waals surface area contributed by atoms with Crippen LogP contribution in [-0.2, 0) is 9.53 Å². The number of nitrogens with zero attached hydrogens (tertiary/aromatic N) is 1. The second-order valence-corrected chi connectivity index (χ2v) is 4.49. The first-order valence-electron chi connectivity index (χ1n) is 6.13. The van der Waals surface area contributed by atoms with Crippen LogP contribution in [0.3, 0.4) is 0 Å². The summed E-state index contributed by atoms with van der Waals surface area (Å²) in [4.78, 5) is 26.9. The van der Waals surface area contributed by atoms with Gasteiger partial charge in [-0.05, 0) is 25.5 Å².